The van der Waals surface area contributed by atoms with Crippen molar-refractivity contribution in [2.45, 2.75) is 19.4 Å². The molecule has 0 amide bonds. The lowest BCUT2D eigenvalue weighted by Crippen LogP contribution is -1.95. The van der Waals surface area contributed by atoms with Crippen LogP contribution < -0.4 is 0 Å². The molecule has 1 aliphatic rings. The van der Waals surface area contributed by atoms with Crippen molar-refractivity contribution in [1.29, 1.82) is 0 Å². The van der Waals surface area contributed by atoms with Gasteiger partial charge in [-0.2, -0.15) is 0 Å². The second-order valence-corrected chi connectivity index (χ2v) is 3.20. The Morgan fingerprint density at radius 2 is 2.25 bits per heavy atom. The van der Waals surface area contributed by atoms with E-state index in [4.69, 9.17) is 0 Å². The van der Waals surface area contributed by atoms with Gasteiger partial charge in [0.05, 0.1) is 6.10 Å². The molecule has 1 N–H and O–H groups in total. The van der Waals surface area contributed by atoms with E-state index < -0.39 is 0 Å². The van der Waals surface area contributed by atoms with Crippen LogP contribution in [0, 0.1) is 0 Å². The van der Waals surface area contributed by atoms with E-state index in [-0.39, 0.29) is 6.10 Å². The summed E-state index contributed by atoms with van der Waals surface area (Å²) in [4.78, 5) is 0. The molecule has 1 heteroatoms. The first-order valence-electron chi connectivity index (χ1n) is 4.25. The lowest BCUT2D eigenvalue weighted by molar-refractivity contribution is 0.199. The van der Waals surface area contributed by atoms with E-state index in [0.29, 0.717) is 0 Å². The third kappa shape index (κ3) is 1.07. The Bertz CT molecular complexity index is 324. The van der Waals surface area contributed by atoms with E-state index >= 15 is 0 Å². The molecule has 0 heterocycles. The normalized spacial score (nSPS) is 16.2. The summed E-state index contributed by atoms with van der Waals surface area (Å²) in [6.45, 7) is 1.81. The fourth-order valence-corrected chi connectivity index (χ4v) is 1.68. The SMILES string of the molecule is CC(O)c1cccc2c1C=CC2. The summed E-state index contributed by atoms with van der Waals surface area (Å²) in [6, 6.07) is 6.11. The summed E-state index contributed by atoms with van der Waals surface area (Å²) in [5, 5.41) is 9.45. The summed E-state index contributed by atoms with van der Waals surface area (Å²) in [5.41, 5.74) is 3.59. The molecule has 2 rings (SSSR count). The number of hydrogen-bond acceptors (Lipinski definition) is 1. The topological polar surface area (TPSA) is 20.2 Å². The molecule has 0 fully saturated rings. The van der Waals surface area contributed by atoms with Gasteiger partial charge in [-0.05, 0) is 30.0 Å². The minimum Gasteiger partial charge on any atom is -0.389 e. The highest BCUT2D eigenvalue weighted by Gasteiger charge is 2.11. The van der Waals surface area contributed by atoms with Crippen LogP contribution >= 0.6 is 0 Å². The zero-order chi connectivity index (χ0) is 8.55. The Labute approximate surface area is 72.4 Å². The maximum atomic E-state index is 9.45. The van der Waals surface area contributed by atoms with Crippen molar-refractivity contribution in [3.05, 3.63) is 41.0 Å². The summed E-state index contributed by atoms with van der Waals surface area (Å²) in [6.07, 6.45) is 4.88. The molecular formula is C11H12O. The molecule has 1 aliphatic carbocycles. The minimum atomic E-state index is -0.359. The van der Waals surface area contributed by atoms with Gasteiger partial charge in [-0.15, -0.1) is 0 Å². The number of aliphatic hydroxyl groups is 1. The van der Waals surface area contributed by atoms with Gasteiger partial charge in [0.2, 0.25) is 0 Å². The van der Waals surface area contributed by atoms with E-state index in [1.807, 2.05) is 19.1 Å². The van der Waals surface area contributed by atoms with Crippen molar-refractivity contribution in [3.8, 4) is 0 Å². The highest BCUT2D eigenvalue weighted by Crippen LogP contribution is 2.27. The number of hydrogen-bond donors (Lipinski definition) is 1. The molecule has 1 aromatic rings. The molecule has 1 unspecified atom stereocenters. The number of allylic oxidation sites excluding steroid dienone is 1. The second kappa shape index (κ2) is 2.76. The monoisotopic (exact) mass is 160 g/mol. The first-order chi connectivity index (χ1) is 5.79. The fraction of sp³-hybridized carbons (Fsp3) is 0.273. The predicted molar refractivity (Wildman–Crippen MR) is 49.8 cm³/mol. The summed E-state index contributed by atoms with van der Waals surface area (Å²) in [7, 11) is 0. The maximum Gasteiger partial charge on any atom is 0.0767 e. The number of aliphatic hydroxyl groups excluding tert-OH is 1. The lowest BCUT2D eigenvalue weighted by atomic mass is 10.0. The van der Waals surface area contributed by atoms with Crippen LogP contribution in [-0.2, 0) is 6.42 Å². The van der Waals surface area contributed by atoms with Gasteiger partial charge in [0.25, 0.3) is 0 Å². The molecule has 0 saturated heterocycles. The van der Waals surface area contributed by atoms with Crippen LogP contribution in [0.3, 0.4) is 0 Å². The molecular weight excluding hydrogens is 148 g/mol. The van der Waals surface area contributed by atoms with Gasteiger partial charge < -0.3 is 5.11 Å². The van der Waals surface area contributed by atoms with Crippen LogP contribution in [-0.4, -0.2) is 5.11 Å². The van der Waals surface area contributed by atoms with Crippen molar-refractivity contribution in [1.82, 2.24) is 0 Å². The van der Waals surface area contributed by atoms with Gasteiger partial charge in [0.15, 0.2) is 0 Å². The largest absolute Gasteiger partial charge is 0.389 e. The Hall–Kier alpha value is -1.08. The van der Waals surface area contributed by atoms with Gasteiger partial charge in [0.1, 0.15) is 0 Å². The van der Waals surface area contributed by atoms with Crippen molar-refractivity contribution >= 4 is 6.08 Å². The first kappa shape index (κ1) is 7.56. The second-order valence-electron chi connectivity index (χ2n) is 3.20. The molecule has 0 bridgehead atoms. The minimum absolute atomic E-state index is 0.359. The Morgan fingerprint density at radius 3 is 3.00 bits per heavy atom. The number of fused-ring (bicyclic) bond motifs is 1. The first-order valence-corrected chi connectivity index (χ1v) is 4.25. The van der Waals surface area contributed by atoms with Crippen molar-refractivity contribution in [3.63, 3.8) is 0 Å². The van der Waals surface area contributed by atoms with E-state index in [9.17, 15) is 5.11 Å². The lowest BCUT2D eigenvalue weighted by Gasteiger charge is -2.09. The zero-order valence-electron chi connectivity index (χ0n) is 7.12. The average molecular weight is 160 g/mol. The zero-order valence-corrected chi connectivity index (χ0v) is 7.12. The predicted octanol–water partition coefficient (Wildman–Crippen LogP) is 2.31. The van der Waals surface area contributed by atoms with Gasteiger partial charge in [-0.1, -0.05) is 30.4 Å². The van der Waals surface area contributed by atoms with Gasteiger partial charge in [-0.3, -0.25) is 0 Å². The summed E-state index contributed by atoms with van der Waals surface area (Å²) >= 11 is 0. The standard InChI is InChI=1S/C11H12O/c1-8(12)10-6-2-4-9-5-3-7-11(9)10/h2-4,6-8,12H,5H2,1H3. The van der Waals surface area contributed by atoms with Crippen LogP contribution in [0.1, 0.15) is 29.7 Å². The quantitative estimate of drug-likeness (QED) is 0.668. The molecule has 0 aromatic heterocycles. The molecule has 0 aliphatic heterocycles. The highest BCUT2D eigenvalue weighted by molar-refractivity contribution is 5.63. The molecule has 0 saturated carbocycles. The van der Waals surface area contributed by atoms with Crippen LogP contribution in [0.5, 0.6) is 0 Å². The van der Waals surface area contributed by atoms with Crippen LogP contribution in [0.4, 0.5) is 0 Å². The Morgan fingerprint density at radius 1 is 1.42 bits per heavy atom. The van der Waals surface area contributed by atoms with E-state index in [1.165, 1.54) is 11.1 Å². The number of rotatable bonds is 1. The van der Waals surface area contributed by atoms with Crippen molar-refractivity contribution in [2.75, 3.05) is 0 Å². The molecule has 1 aromatic carbocycles. The molecule has 1 atom stereocenters. The molecule has 62 valence electrons. The van der Waals surface area contributed by atoms with Gasteiger partial charge >= 0.3 is 0 Å². The highest BCUT2D eigenvalue weighted by atomic mass is 16.3. The summed E-state index contributed by atoms with van der Waals surface area (Å²) in [5.74, 6) is 0. The summed E-state index contributed by atoms with van der Waals surface area (Å²) < 4.78 is 0. The third-order valence-corrected chi connectivity index (χ3v) is 2.30. The number of benzene rings is 1. The van der Waals surface area contributed by atoms with Gasteiger partial charge in [-0.25, -0.2) is 0 Å². The van der Waals surface area contributed by atoms with Crippen molar-refractivity contribution in [2.24, 2.45) is 0 Å². The van der Waals surface area contributed by atoms with Crippen LogP contribution in [0.25, 0.3) is 6.08 Å². The third-order valence-electron chi connectivity index (χ3n) is 2.30. The van der Waals surface area contributed by atoms with E-state index in [0.717, 1.165) is 12.0 Å². The maximum absolute atomic E-state index is 9.45. The van der Waals surface area contributed by atoms with E-state index in [1.54, 1.807) is 0 Å². The smallest absolute Gasteiger partial charge is 0.0767 e. The Kier molecular flexibility index (Phi) is 1.74. The molecule has 0 spiro atoms. The van der Waals surface area contributed by atoms with Crippen LogP contribution in [0.2, 0.25) is 0 Å². The van der Waals surface area contributed by atoms with Crippen LogP contribution in [0.15, 0.2) is 24.3 Å². The fourth-order valence-electron chi connectivity index (χ4n) is 1.68. The Balaban J connectivity index is 2.56. The average Bonchev–Trinajstić information content (AvgIpc) is 2.49. The molecule has 1 nitrogen and oxygen atoms in total. The molecule has 0 radical (unpaired) electrons. The van der Waals surface area contributed by atoms with Crippen molar-refractivity contribution < 1.29 is 5.11 Å². The van der Waals surface area contributed by atoms with Gasteiger partial charge in [0, 0.05) is 0 Å². The van der Waals surface area contributed by atoms with E-state index in [2.05, 4.69) is 18.2 Å². The molecule has 12 heavy (non-hydrogen) atoms.